The van der Waals surface area contributed by atoms with Crippen LogP contribution in [0, 0.1) is 0 Å². The van der Waals surface area contributed by atoms with Crippen LogP contribution < -0.4 is 0 Å². The van der Waals surface area contributed by atoms with Crippen LogP contribution in [0.1, 0.15) is 34.3 Å². The van der Waals surface area contributed by atoms with E-state index in [1.165, 1.54) is 16.0 Å². The summed E-state index contributed by atoms with van der Waals surface area (Å²) >= 11 is 0. The van der Waals surface area contributed by atoms with Gasteiger partial charge in [-0.1, -0.05) is 60.7 Å². The summed E-state index contributed by atoms with van der Waals surface area (Å²) in [6.07, 6.45) is 2.79. The van der Waals surface area contributed by atoms with Gasteiger partial charge >= 0.3 is 12.2 Å². The molecule has 0 spiro atoms. The molecular formula is C26H28N4O5. The lowest BCUT2D eigenvalue weighted by molar-refractivity contribution is 0.0728. The van der Waals surface area contributed by atoms with Gasteiger partial charge < -0.3 is 14.7 Å². The zero-order valence-electron chi connectivity index (χ0n) is 19.3. The Bertz CT molecular complexity index is 1150. The number of ether oxygens (including phenoxy) is 1. The standard InChI is InChI=1S/C26H28N4O5/c31-24(22-14-27-29(16-22)15-20-8-3-1-4-9-20)18-28(17-23-12-7-13-30(23)25(32)33)26(34)35-19-21-10-5-2-6-11-21/h1-6,8-11,14,16,23H,7,12-13,15,17-19H2,(H,32,33). The number of hydrogen-bond acceptors (Lipinski definition) is 5. The zero-order chi connectivity index (χ0) is 24.6. The van der Waals surface area contributed by atoms with Crippen LogP contribution in [0.3, 0.4) is 0 Å². The van der Waals surface area contributed by atoms with Crippen molar-refractivity contribution in [2.45, 2.75) is 32.0 Å². The largest absolute Gasteiger partial charge is 0.465 e. The molecule has 0 bridgehead atoms. The van der Waals surface area contributed by atoms with Crippen molar-refractivity contribution in [1.82, 2.24) is 19.6 Å². The van der Waals surface area contributed by atoms with E-state index in [1.807, 2.05) is 60.7 Å². The van der Waals surface area contributed by atoms with Gasteiger partial charge in [0, 0.05) is 19.3 Å². The number of carboxylic acid groups (broad SMARTS) is 1. The Hall–Kier alpha value is -4.14. The van der Waals surface area contributed by atoms with Crippen LogP contribution in [-0.2, 0) is 17.9 Å². The second-order valence-electron chi connectivity index (χ2n) is 8.53. The van der Waals surface area contributed by atoms with E-state index >= 15 is 0 Å². The van der Waals surface area contributed by atoms with Gasteiger partial charge in [0.15, 0.2) is 5.78 Å². The van der Waals surface area contributed by atoms with Gasteiger partial charge in [-0.2, -0.15) is 5.10 Å². The van der Waals surface area contributed by atoms with Gasteiger partial charge in [0.25, 0.3) is 0 Å². The Kier molecular flexibility index (Phi) is 7.77. The van der Waals surface area contributed by atoms with Crippen LogP contribution in [-0.4, -0.2) is 68.3 Å². The molecule has 3 aromatic rings. The fourth-order valence-electron chi connectivity index (χ4n) is 4.18. The maximum Gasteiger partial charge on any atom is 0.410 e. The van der Waals surface area contributed by atoms with Crippen LogP contribution >= 0.6 is 0 Å². The normalized spacial score (nSPS) is 15.1. The molecule has 1 N–H and O–H groups in total. The van der Waals surface area contributed by atoms with Crippen molar-refractivity contribution in [3.8, 4) is 0 Å². The molecule has 35 heavy (non-hydrogen) atoms. The van der Waals surface area contributed by atoms with E-state index in [4.69, 9.17) is 4.74 Å². The molecule has 4 rings (SSSR count). The summed E-state index contributed by atoms with van der Waals surface area (Å²) in [5.41, 5.74) is 2.25. The third kappa shape index (κ3) is 6.47. The molecule has 2 amide bonds. The van der Waals surface area contributed by atoms with E-state index in [1.54, 1.807) is 10.9 Å². The van der Waals surface area contributed by atoms with Gasteiger partial charge in [0.05, 0.1) is 30.9 Å². The lowest BCUT2D eigenvalue weighted by Crippen LogP contribution is -2.46. The van der Waals surface area contributed by atoms with Crippen LogP contribution in [0.15, 0.2) is 73.1 Å². The topological polar surface area (TPSA) is 105 Å². The molecule has 0 saturated carbocycles. The summed E-state index contributed by atoms with van der Waals surface area (Å²) < 4.78 is 7.14. The Morgan fingerprint density at radius 2 is 1.71 bits per heavy atom. The number of Topliss-reactive ketones (excluding diaryl/α,β-unsaturated/α-hetero) is 1. The molecule has 1 atom stereocenters. The molecule has 2 heterocycles. The maximum atomic E-state index is 13.1. The van der Waals surface area contributed by atoms with Gasteiger partial charge in [0.1, 0.15) is 6.61 Å². The van der Waals surface area contributed by atoms with Crippen molar-refractivity contribution in [3.63, 3.8) is 0 Å². The number of nitrogens with zero attached hydrogens (tertiary/aromatic N) is 4. The summed E-state index contributed by atoms with van der Waals surface area (Å²) in [7, 11) is 0. The molecule has 1 aliphatic heterocycles. The molecule has 9 nitrogen and oxygen atoms in total. The molecule has 1 saturated heterocycles. The van der Waals surface area contributed by atoms with Crippen molar-refractivity contribution in [2.24, 2.45) is 0 Å². The molecule has 0 aliphatic carbocycles. The van der Waals surface area contributed by atoms with E-state index in [-0.39, 0.29) is 31.5 Å². The summed E-state index contributed by atoms with van der Waals surface area (Å²) in [5, 5.41) is 13.8. The smallest absolute Gasteiger partial charge is 0.410 e. The summed E-state index contributed by atoms with van der Waals surface area (Å²) in [6, 6.07) is 18.6. The molecule has 1 unspecified atom stereocenters. The van der Waals surface area contributed by atoms with E-state index in [0.717, 1.165) is 11.1 Å². The number of hydrogen-bond donors (Lipinski definition) is 1. The highest BCUT2D eigenvalue weighted by molar-refractivity contribution is 5.98. The van der Waals surface area contributed by atoms with Crippen LogP contribution in [0.25, 0.3) is 0 Å². The minimum atomic E-state index is -1.03. The van der Waals surface area contributed by atoms with E-state index in [2.05, 4.69) is 5.10 Å². The molecule has 1 aromatic heterocycles. The van der Waals surface area contributed by atoms with E-state index < -0.39 is 12.2 Å². The van der Waals surface area contributed by atoms with Gasteiger partial charge in [-0.3, -0.25) is 14.4 Å². The van der Waals surface area contributed by atoms with Gasteiger partial charge in [0.2, 0.25) is 0 Å². The Balaban J connectivity index is 1.44. The highest BCUT2D eigenvalue weighted by atomic mass is 16.6. The zero-order valence-corrected chi connectivity index (χ0v) is 19.3. The van der Waals surface area contributed by atoms with Crippen LogP contribution in [0.5, 0.6) is 0 Å². The molecule has 9 heteroatoms. The van der Waals surface area contributed by atoms with Gasteiger partial charge in [-0.15, -0.1) is 0 Å². The first-order valence-corrected chi connectivity index (χ1v) is 11.5. The van der Waals surface area contributed by atoms with Crippen LogP contribution in [0.4, 0.5) is 9.59 Å². The highest BCUT2D eigenvalue weighted by Gasteiger charge is 2.32. The monoisotopic (exact) mass is 476 g/mol. The highest BCUT2D eigenvalue weighted by Crippen LogP contribution is 2.19. The molecular weight excluding hydrogens is 448 g/mol. The van der Waals surface area contributed by atoms with E-state index in [0.29, 0.717) is 31.5 Å². The fraction of sp³-hybridized carbons (Fsp3) is 0.308. The third-order valence-corrected chi connectivity index (χ3v) is 5.99. The Labute approximate surface area is 203 Å². The summed E-state index contributed by atoms with van der Waals surface area (Å²) in [6.45, 7) is 0.852. The molecule has 1 fully saturated rings. The Morgan fingerprint density at radius 1 is 1.03 bits per heavy atom. The van der Waals surface area contributed by atoms with Crippen molar-refractivity contribution in [2.75, 3.05) is 19.6 Å². The van der Waals surface area contributed by atoms with Gasteiger partial charge in [-0.05, 0) is 24.0 Å². The predicted octanol–water partition coefficient (Wildman–Crippen LogP) is 3.90. The number of amides is 2. The number of benzene rings is 2. The fourth-order valence-corrected chi connectivity index (χ4v) is 4.18. The predicted molar refractivity (Wildman–Crippen MR) is 128 cm³/mol. The molecule has 182 valence electrons. The Morgan fingerprint density at radius 3 is 2.40 bits per heavy atom. The number of carbonyl (C=O) groups is 3. The lowest BCUT2D eigenvalue weighted by Gasteiger charge is -2.28. The molecule has 2 aromatic carbocycles. The minimum Gasteiger partial charge on any atom is -0.465 e. The maximum absolute atomic E-state index is 13.1. The number of ketones is 1. The summed E-state index contributed by atoms with van der Waals surface area (Å²) in [4.78, 5) is 40.2. The van der Waals surface area contributed by atoms with Crippen molar-refractivity contribution < 1.29 is 24.2 Å². The average molecular weight is 477 g/mol. The second-order valence-corrected chi connectivity index (χ2v) is 8.53. The van der Waals surface area contributed by atoms with Crippen molar-refractivity contribution in [1.29, 1.82) is 0 Å². The SMILES string of the molecule is O=C(CN(CC1CCCN1C(=O)O)C(=O)OCc1ccccc1)c1cnn(Cc2ccccc2)c1. The van der Waals surface area contributed by atoms with Crippen LogP contribution in [0.2, 0.25) is 0 Å². The quantitative estimate of drug-likeness (QED) is 0.470. The first-order chi connectivity index (χ1) is 17.0. The number of aromatic nitrogens is 2. The first-order valence-electron chi connectivity index (χ1n) is 11.5. The average Bonchev–Trinajstić information content (AvgIpc) is 3.53. The van der Waals surface area contributed by atoms with Crippen molar-refractivity contribution in [3.05, 3.63) is 89.7 Å². The third-order valence-electron chi connectivity index (χ3n) is 5.99. The number of carbonyl (C=O) groups excluding carboxylic acids is 2. The second kappa shape index (κ2) is 11.3. The number of rotatable bonds is 9. The minimum absolute atomic E-state index is 0.0622. The molecule has 0 radical (unpaired) electrons. The lowest BCUT2D eigenvalue weighted by atomic mass is 10.2. The molecule has 1 aliphatic rings. The summed E-state index contributed by atoms with van der Waals surface area (Å²) in [5.74, 6) is -0.291. The van der Waals surface area contributed by atoms with Crippen molar-refractivity contribution >= 4 is 18.0 Å². The first kappa shape index (κ1) is 24.0. The van der Waals surface area contributed by atoms with E-state index in [9.17, 15) is 19.5 Å². The number of likely N-dealkylation sites (tertiary alicyclic amines) is 1. The van der Waals surface area contributed by atoms with Gasteiger partial charge in [-0.25, -0.2) is 9.59 Å².